The number of benzene rings is 1. The largest absolute Gasteiger partial charge is 0.394 e. The number of nitrogens with one attached hydrogen (secondary N) is 2. The molecule has 0 radical (unpaired) electrons. The van der Waals surface area contributed by atoms with Crippen molar-refractivity contribution >= 4 is 17.6 Å². The Kier molecular flexibility index (Phi) is 5.75. The molecular weight excluding hydrogens is 302 g/mol. The van der Waals surface area contributed by atoms with E-state index in [0.717, 1.165) is 16.8 Å². The fourth-order valence-corrected chi connectivity index (χ4v) is 2.13. The lowest BCUT2D eigenvalue weighted by atomic mass is 10.1. The number of rotatable bonds is 5. The molecule has 0 aliphatic heterocycles. The summed E-state index contributed by atoms with van der Waals surface area (Å²) in [5.41, 5.74) is 2.61. The van der Waals surface area contributed by atoms with Crippen LogP contribution in [0.1, 0.15) is 22.9 Å². The molecule has 0 fully saturated rings. The number of pyridine rings is 1. The van der Waals surface area contributed by atoms with Crippen molar-refractivity contribution in [1.29, 1.82) is 0 Å². The zero-order valence-corrected chi connectivity index (χ0v) is 13.0. The van der Waals surface area contributed by atoms with Gasteiger partial charge in [0.05, 0.1) is 24.9 Å². The lowest BCUT2D eigenvalue weighted by molar-refractivity contribution is 0.216. The topological polar surface area (TPSA) is 74.2 Å². The van der Waals surface area contributed by atoms with Gasteiger partial charge in [-0.05, 0) is 36.2 Å². The smallest absolute Gasteiger partial charge is 0.315 e. The summed E-state index contributed by atoms with van der Waals surface area (Å²) in [5, 5.41) is 15.5. The Morgan fingerprint density at radius 1 is 1.32 bits per heavy atom. The monoisotopic (exact) mass is 319 g/mol. The summed E-state index contributed by atoms with van der Waals surface area (Å²) >= 11 is 5.83. The highest BCUT2D eigenvalue weighted by Crippen LogP contribution is 2.16. The van der Waals surface area contributed by atoms with E-state index in [0.29, 0.717) is 11.6 Å². The Balaban J connectivity index is 1.92. The molecule has 22 heavy (non-hydrogen) atoms. The number of carbonyl (C=O) groups is 1. The molecule has 0 bridgehead atoms. The van der Waals surface area contributed by atoms with Gasteiger partial charge < -0.3 is 15.7 Å². The van der Waals surface area contributed by atoms with Gasteiger partial charge in [0.1, 0.15) is 0 Å². The van der Waals surface area contributed by atoms with E-state index in [2.05, 4.69) is 15.6 Å². The minimum absolute atomic E-state index is 0.197. The lowest BCUT2D eigenvalue weighted by Crippen LogP contribution is -2.39. The van der Waals surface area contributed by atoms with E-state index in [1.165, 1.54) is 0 Å². The number of amides is 2. The van der Waals surface area contributed by atoms with Gasteiger partial charge in [0.2, 0.25) is 0 Å². The SMILES string of the molecule is Cc1cccnc1CNC(=O)NC(CO)c1ccc(Cl)cc1. The number of hydrogen-bond acceptors (Lipinski definition) is 3. The number of aliphatic hydroxyl groups excluding tert-OH is 1. The van der Waals surface area contributed by atoms with Crippen molar-refractivity contribution in [3.05, 3.63) is 64.4 Å². The maximum absolute atomic E-state index is 12.0. The van der Waals surface area contributed by atoms with Crippen molar-refractivity contribution in [3.8, 4) is 0 Å². The van der Waals surface area contributed by atoms with Gasteiger partial charge in [-0.15, -0.1) is 0 Å². The van der Waals surface area contributed by atoms with Gasteiger partial charge >= 0.3 is 6.03 Å². The summed E-state index contributed by atoms with van der Waals surface area (Å²) in [6.45, 7) is 2.07. The molecule has 3 N–H and O–H groups in total. The molecule has 0 aliphatic rings. The first-order chi connectivity index (χ1) is 10.6. The van der Waals surface area contributed by atoms with Crippen LogP contribution in [-0.2, 0) is 6.54 Å². The number of aryl methyl sites for hydroxylation is 1. The minimum Gasteiger partial charge on any atom is -0.394 e. The third kappa shape index (κ3) is 4.44. The second kappa shape index (κ2) is 7.77. The highest BCUT2D eigenvalue weighted by atomic mass is 35.5. The molecule has 1 heterocycles. The predicted octanol–water partition coefficient (Wildman–Crippen LogP) is 2.58. The van der Waals surface area contributed by atoms with E-state index < -0.39 is 6.04 Å². The number of nitrogens with zero attached hydrogens (tertiary/aromatic N) is 1. The van der Waals surface area contributed by atoms with Gasteiger partial charge in [-0.2, -0.15) is 0 Å². The quantitative estimate of drug-likeness (QED) is 0.793. The summed E-state index contributed by atoms with van der Waals surface area (Å²) in [7, 11) is 0. The Labute approximate surface area is 134 Å². The Bertz CT molecular complexity index is 632. The number of urea groups is 1. The molecule has 6 heteroatoms. The maximum atomic E-state index is 12.0. The molecule has 1 aromatic carbocycles. The molecule has 0 aliphatic carbocycles. The van der Waals surface area contributed by atoms with E-state index >= 15 is 0 Å². The number of aliphatic hydroxyl groups is 1. The molecule has 116 valence electrons. The van der Waals surface area contributed by atoms with Gasteiger partial charge in [0.15, 0.2) is 0 Å². The summed E-state index contributed by atoms with van der Waals surface area (Å²) < 4.78 is 0. The second-order valence-corrected chi connectivity index (χ2v) is 5.32. The zero-order chi connectivity index (χ0) is 15.9. The van der Waals surface area contributed by atoms with Crippen LogP contribution in [0.2, 0.25) is 5.02 Å². The van der Waals surface area contributed by atoms with Crippen molar-refractivity contribution in [1.82, 2.24) is 15.6 Å². The molecule has 1 aromatic heterocycles. The molecule has 5 nitrogen and oxygen atoms in total. The van der Waals surface area contributed by atoms with Gasteiger partial charge in [0, 0.05) is 11.2 Å². The predicted molar refractivity (Wildman–Crippen MR) is 85.6 cm³/mol. The van der Waals surface area contributed by atoms with Crippen LogP contribution in [0.5, 0.6) is 0 Å². The van der Waals surface area contributed by atoms with E-state index in [-0.39, 0.29) is 12.6 Å². The van der Waals surface area contributed by atoms with Crippen LogP contribution in [0, 0.1) is 6.92 Å². The van der Waals surface area contributed by atoms with Crippen molar-refractivity contribution in [2.45, 2.75) is 19.5 Å². The molecule has 0 saturated carbocycles. The first-order valence-electron chi connectivity index (χ1n) is 6.91. The third-order valence-corrected chi connectivity index (χ3v) is 3.55. The van der Waals surface area contributed by atoms with Gasteiger partial charge in [0.25, 0.3) is 0 Å². The van der Waals surface area contributed by atoms with Crippen molar-refractivity contribution in [2.75, 3.05) is 6.61 Å². The van der Waals surface area contributed by atoms with Crippen LogP contribution >= 0.6 is 11.6 Å². The molecule has 0 saturated heterocycles. The summed E-state index contributed by atoms with van der Waals surface area (Å²) in [6, 6.07) is 9.92. The summed E-state index contributed by atoms with van der Waals surface area (Å²) in [5.74, 6) is 0. The van der Waals surface area contributed by atoms with E-state index in [1.807, 2.05) is 19.1 Å². The van der Waals surface area contributed by atoms with Crippen LogP contribution in [-0.4, -0.2) is 22.7 Å². The average Bonchev–Trinajstić information content (AvgIpc) is 2.53. The number of hydrogen-bond donors (Lipinski definition) is 3. The molecule has 1 atom stereocenters. The van der Waals surface area contributed by atoms with Gasteiger partial charge in [-0.3, -0.25) is 4.98 Å². The molecule has 1 unspecified atom stereocenters. The zero-order valence-electron chi connectivity index (χ0n) is 12.2. The molecular formula is C16H18ClN3O2. The second-order valence-electron chi connectivity index (χ2n) is 4.88. The van der Waals surface area contributed by atoms with Crippen LogP contribution in [0.25, 0.3) is 0 Å². The van der Waals surface area contributed by atoms with Gasteiger partial charge in [-0.1, -0.05) is 29.8 Å². The molecule has 2 aromatic rings. The van der Waals surface area contributed by atoms with Crippen LogP contribution < -0.4 is 10.6 Å². The summed E-state index contributed by atoms with van der Waals surface area (Å²) in [6.07, 6.45) is 1.69. The standard InChI is InChI=1S/C16H18ClN3O2/c1-11-3-2-8-18-14(11)9-19-16(22)20-15(10-21)12-4-6-13(17)7-5-12/h2-8,15,21H,9-10H2,1H3,(H2,19,20,22). The molecule has 2 amide bonds. The van der Waals surface area contributed by atoms with Crippen LogP contribution in [0.3, 0.4) is 0 Å². The Hall–Kier alpha value is -2.11. The van der Waals surface area contributed by atoms with Gasteiger partial charge in [-0.25, -0.2) is 4.79 Å². The van der Waals surface area contributed by atoms with Crippen molar-refractivity contribution in [3.63, 3.8) is 0 Å². The number of halogens is 1. The van der Waals surface area contributed by atoms with E-state index in [9.17, 15) is 9.90 Å². The molecule has 2 rings (SSSR count). The lowest BCUT2D eigenvalue weighted by Gasteiger charge is -2.17. The highest BCUT2D eigenvalue weighted by molar-refractivity contribution is 6.30. The van der Waals surface area contributed by atoms with Crippen molar-refractivity contribution in [2.24, 2.45) is 0 Å². The van der Waals surface area contributed by atoms with E-state index in [4.69, 9.17) is 11.6 Å². The Morgan fingerprint density at radius 3 is 2.68 bits per heavy atom. The average molecular weight is 320 g/mol. The highest BCUT2D eigenvalue weighted by Gasteiger charge is 2.13. The first-order valence-corrected chi connectivity index (χ1v) is 7.29. The number of aromatic nitrogens is 1. The van der Waals surface area contributed by atoms with Crippen LogP contribution in [0.4, 0.5) is 4.79 Å². The Morgan fingerprint density at radius 2 is 2.05 bits per heavy atom. The fourth-order valence-electron chi connectivity index (χ4n) is 2.01. The summed E-state index contributed by atoms with van der Waals surface area (Å²) in [4.78, 5) is 16.2. The fraction of sp³-hybridized carbons (Fsp3) is 0.250. The molecule has 0 spiro atoms. The first kappa shape index (κ1) is 16.3. The maximum Gasteiger partial charge on any atom is 0.315 e. The minimum atomic E-state index is -0.484. The van der Waals surface area contributed by atoms with Crippen LogP contribution in [0.15, 0.2) is 42.6 Å². The number of carbonyl (C=O) groups excluding carboxylic acids is 1. The van der Waals surface area contributed by atoms with Crippen molar-refractivity contribution < 1.29 is 9.90 Å². The third-order valence-electron chi connectivity index (χ3n) is 3.29. The van der Waals surface area contributed by atoms with E-state index in [1.54, 1.807) is 30.5 Å². The normalized spacial score (nSPS) is 11.8.